The number of thiazole rings is 1. The molecule has 0 bridgehead atoms. The average Bonchev–Trinajstić information content (AvgIpc) is 3.12. The van der Waals surface area contributed by atoms with Crippen molar-refractivity contribution in [2.75, 3.05) is 32.1 Å². The molecule has 1 aromatic heterocycles. The predicted octanol–water partition coefficient (Wildman–Crippen LogP) is 2.33. The summed E-state index contributed by atoms with van der Waals surface area (Å²) in [5, 5.41) is 14.0. The van der Waals surface area contributed by atoms with E-state index >= 15 is 0 Å². The molecule has 148 valence electrons. The summed E-state index contributed by atoms with van der Waals surface area (Å²) in [6, 6.07) is 16.2. The summed E-state index contributed by atoms with van der Waals surface area (Å²) in [5.74, 6) is -0.677. The van der Waals surface area contributed by atoms with Crippen LogP contribution in [0.4, 0.5) is 5.69 Å². The van der Waals surface area contributed by atoms with Crippen molar-refractivity contribution >= 4 is 39.1 Å². The van der Waals surface area contributed by atoms with E-state index < -0.39 is 5.91 Å². The van der Waals surface area contributed by atoms with Gasteiger partial charge < -0.3 is 15.5 Å². The SMILES string of the molecule is CN(C)c1cccc(-c2ccc3nc(CC(=O)NCC(=O)NCC#N)sc3c2)c1. The number of rotatable bonds is 7. The van der Waals surface area contributed by atoms with Crippen molar-refractivity contribution in [2.24, 2.45) is 0 Å². The Morgan fingerprint density at radius 2 is 1.90 bits per heavy atom. The topological polar surface area (TPSA) is 98.1 Å². The highest BCUT2D eigenvalue weighted by molar-refractivity contribution is 7.18. The van der Waals surface area contributed by atoms with Crippen molar-refractivity contribution in [1.82, 2.24) is 15.6 Å². The molecule has 8 heteroatoms. The number of aromatic nitrogens is 1. The number of nitrogens with zero attached hydrogens (tertiary/aromatic N) is 3. The maximum atomic E-state index is 12.1. The van der Waals surface area contributed by atoms with Gasteiger partial charge in [0, 0.05) is 19.8 Å². The summed E-state index contributed by atoms with van der Waals surface area (Å²) in [6.07, 6.45) is 0.107. The number of amides is 2. The highest BCUT2D eigenvalue weighted by atomic mass is 32.1. The van der Waals surface area contributed by atoms with Gasteiger partial charge in [0.05, 0.1) is 29.3 Å². The van der Waals surface area contributed by atoms with E-state index in [9.17, 15) is 9.59 Å². The first kappa shape index (κ1) is 20.3. The first-order valence-corrected chi connectivity index (χ1v) is 9.85. The molecule has 2 N–H and O–H groups in total. The van der Waals surface area contributed by atoms with Crippen LogP contribution in [-0.2, 0) is 16.0 Å². The first-order chi connectivity index (χ1) is 14.0. The van der Waals surface area contributed by atoms with Gasteiger partial charge in [-0.1, -0.05) is 18.2 Å². The minimum absolute atomic E-state index is 0.0770. The lowest BCUT2D eigenvalue weighted by Gasteiger charge is -2.13. The molecule has 2 amide bonds. The van der Waals surface area contributed by atoms with Crippen molar-refractivity contribution in [3.63, 3.8) is 0 Å². The van der Waals surface area contributed by atoms with E-state index in [1.807, 2.05) is 38.4 Å². The van der Waals surface area contributed by atoms with E-state index in [0.717, 1.165) is 27.0 Å². The van der Waals surface area contributed by atoms with Crippen LogP contribution < -0.4 is 15.5 Å². The Morgan fingerprint density at radius 3 is 2.66 bits per heavy atom. The fourth-order valence-electron chi connectivity index (χ4n) is 2.77. The third-order valence-corrected chi connectivity index (χ3v) is 5.27. The highest BCUT2D eigenvalue weighted by Gasteiger charge is 2.11. The van der Waals surface area contributed by atoms with E-state index in [-0.39, 0.29) is 25.4 Å². The second-order valence-electron chi connectivity index (χ2n) is 6.62. The van der Waals surface area contributed by atoms with Gasteiger partial charge in [0.1, 0.15) is 11.6 Å². The van der Waals surface area contributed by atoms with Crippen LogP contribution in [0.25, 0.3) is 21.3 Å². The van der Waals surface area contributed by atoms with Crippen LogP contribution in [0, 0.1) is 11.3 Å². The second-order valence-corrected chi connectivity index (χ2v) is 7.74. The molecule has 0 radical (unpaired) electrons. The summed E-state index contributed by atoms with van der Waals surface area (Å²) in [7, 11) is 4.02. The quantitative estimate of drug-likeness (QED) is 0.586. The maximum absolute atomic E-state index is 12.1. The molecule has 0 saturated heterocycles. The van der Waals surface area contributed by atoms with Gasteiger partial charge in [0.15, 0.2) is 0 Å². The molecule has 3 rings (SSSR count). The Morgan fingerprint density at radius 1 is 1.10 bits per heavy atom. The number of carbonyl (C=O) groups is 2. The minimum atomic E-state index is -0.395. The molecule has 29 heavy (non-hydrogen) atoms. The molecule has 0 fully saturated rings. The molecule has 0 atom stereocenters. The zero-order valence-electron chi connectivity index (χ0n) is 16.2. The summed E-state index contributed by atoms with van der Waals surface area (Å²) in [4.78, 5) is 30.1. The van der Waals surface area contributed by atoms with Crippen LogP contribution in [-0.4, -0.2) is 44.0 Å². The zero-order chi connectivity index (χ0) is 20.8. The van der Waals surface area contributed by atoms with Crippen molar-refractivity contribution in [3.05, 3.63) is 47.5 Å². The van der Waals surface area contributed by atoms with Crippen molar-refractivity contribution in [3.8, 4) is 17.2 Å². The van der Waals surface area contributed by atoms with Crippen LogP contribution in [0.15, 0.2) is 42.5 Å². The fourth-order valence-corrected chi connectivity index (χ4v) is 3.78. The monoisotopic (exact) mass is 407 g/mol. The molecule has 0 aliphatic rings. The Hall–Kier alpha value is -3.44. The van der Waals surface area contributed by atoms with E-state index in [2.05, 4.69) is 44.8 Å². The Kier molecular flexibility index (Phi) is 6.42. The van der Waals surface area contributed by atoms with Crippen LogP contribution in [0.3, 0.4) is 0 Å². The molecule has 0 aliphatic heterocycles. The van der Waals surface area contributed by atoms with E-state index in [1.165, 1.54) is 11.3 Å². The lowest BCUT2D eigenvalue weighted by molar-refractivity contribution is -0.125. The van der Waals surface area contributed by atoms with Crippen LogP contribution in [0.1, 0.15) is 5.01 Å². The molecule has 0 aliphatic carbocycles. The summed E-state index contributed by atoms with van der Waals surface area (Å²) in [5.41, 5.74) is 4.18. The number of anilines is 1. The number of carbonyl (C=O) groups excluding carboxylic acids is 2. The average molecular weight is 407 g/mol. The smallest absolute Gasteiger partial charge is 0.240 e. The molecule has 0 saturated carbocycles. The summed E-state index contributed by atoms with van der Waals surface area (Å²) in [6.45, 7) is -0.232. The van der Waals surface area contributed by atoms with Gasteiger partial charge in [-0.05, 0) is 35.4 Å². The Balaban J connectivity index is 1.69. The fraction of sp³-hybridized carbons (Fsp3) is 0.238. The van der Waals surface area contributed by atoms with Gasteiger partial charge >= 0.3 is 0 Å². The van der Waals surface area contributed by atoms with Gasteiger partial charge in [-0.15, -0.1) is 11.3 Å². The predicted molar refractivity (Wildman–Crippen MR) is 115 cm³/mol. The van der Waals surface area contributed by atoms with E-state index in [1.54, 1.807) is 0 Å². The van der Waals surface area contributed by atoms with Gasteiger partial charge in [-0.3, -0.25) is 9.59 Å². The molecular weight excluding hydrogens is 386 g/mol. The zero-order valence-corrected chi connectivity index (χ0v) is 17.0. The van der Waals surface area contributed by atoms with Crippen molar-refractivity contribution in [1.29, 1.82) is 5.26 Å². The van der Waals surface area contributed by atoms with Crippen LogP contribution >= 0.6 is 11.3 Å². The number of nitrogens with one attached hydrogen (secondary N) is 2. The Labute approximate surface area is 173 Å². The van der Waals surface area contributed by atoms with Crippen molar-refractivity contribution in [2.45, 2.75) is 6.42 Å². The number of nitriles is 1. The standard InChI is InChI=1S/C21H21N5O2S/c1-26(2)16-5-3-4-14(10-16)15-6-7-17-18(11-15)29-21(25-17)12-19(27)24-13-20(28)23-9-8-22/h3-7,10-11H,9,12-13H2,1-2H3,(H,23,28)(H,24,27). The maximum Gasteiger partial charge on any atom is 0.240 e. The molecule has 7 nitrogen and oxygen atoms in total. The number of hydrogen-bond acceptors (Lipinski definition) is 6. The first-order valence-electron chi connectivity index (χ1n) is 9.04. The third-order valence-electron chi connectivity index (χ3n) is 4.25. The molecular formula is C21H21N5O2S. The van der Waals surface area contributed by atoms with Gasteiger partial charge in [0.2, 0.25) is 11.8 Å². The minimum Gasteiger partial charge on any atom is -0.378 e. The van der Waals surface area contributed by atoms with Gasteiger partial charge in [-0.25, -0.2) is 4.98 Å². The lowest BCUT2D eigenvalue weighted by Crippen LogP contribution is -2.37. The number of hydrogen-bond donors (Lipinski definition) is 2. The highest BCUT2D eigenvalue weighted by Crippen LogP contribution is 2.30. The van der Waals surface area contributed by atoms with Crippen LogP contribution in [0.2, 0.25) is 0 Å². The lowest BCUT2D eigenvalue weighted by atomic mass is 10.0. The van der Waals surface area contributed by atoms with Gasteiger partial charge in [0.25, 0.3) is 0 Å². The van der Waals surface area contributed by atoms with Crippen LogP contribution in [0.5, 0.6) is 0 Å². The van der Waals surface area contributed by atoms with Crippen molar-refractivity contribution < 1.29 is 9.59 Å². The molecule has 2 aromatic carbocycles. The largest absolute Gasteiger partial charge is 0.378 e. The van der Waals surface area contributed by atoms with E-state index in [0.29, 0.717) is 5.01 Å². The number of benzene rings is 2. The Bertz CT molecular complexity index is 1080. The summed E-state index contributed by atoms with van der Waals surface area (Å²) < 4.78 is 1.01. The normalized spacial score (nSPS) is 10.4. The number of fused-ring (bicyclic) bond motifs is 1. The van der Waals surface area contributed by atoms with Gasteiger partial charge in [-0.2, -0.15) is 5.26 Å². The molecule has 0 spiro atoms. The van der Waals surface area contributed by atoms with E-state index in [4.69, 9.17) is 5.26 Å². The molecule has 0 unspecified atom stereocenters. The molecule has 1 heterocycles. The molecule has 3 aromatic rings. The summed E-state index contributed by atoms with van der Waals surface area (Å²) >= 11 is 1.47. The second kappa shape index (κ2) is 9.17. The third kappa shape index (κ3) is 5.30.